The van der Waals surface area contributed by atoms with Gasteiger partial charge >= 0.3 is 5.97 Å². The Morgan fingerprint density at radius 1 is 0.750 bits per heavy atom. The highest BCUT2D eigenvalue weighted by Gasteiger charge is 2.14. The first-order valence-corrected chi connectivity index (χ1v) is 10.4. The molecule has 5 rings (SSSR count). The topological polar surface area (TPSA) is 58.6 Å². The SMILES string of the molecule is O=C(O)c1ccc(Nc2cccc3ccccc23)cc1OCc1cccc2ccccc12. The lowest BCUT2D eigenvalue weighted by Crippen LogP contribution is -2.04. The van der Waals surface area contributed by atoms with Gasteiger partial charge in [-0.15, -0.1) is 0 Å². The molecule has 5 aromatic carbocycles. The molecule has 0 aliphatic rings. The van der Waals surface area contributed by atoms with Crippen LogP contribution in [0.15, 0.2) is 103 Å². The van der Waals surface area contributed by atoms with Gasteiger partial charge in [-0.3, -0.25) is 0 Å². The maximum absolute atomic E-state index is 11.8. The summed E-state index contributed by atoms with van der Waals surface area (Å²) in [5.74, 6) is -0.690. The number of rotatable bonds is 6. The minimum Gasteiger partial charge on any atom is -0.488 e. The summed E-state index contributed by atoms with van der Waals surface area (Å²) in [4.78, 5) is 11.8. The zero-order chi connectivity index (χ0) is 21.9. The molecule has 4 nitrogen and oxygen atoms in total. The van der Waals surface area contributed by atoms with Gasteiger partial charge in [-0.25, -0.2) is 4.79 Å². The van der Waals surface area contributed by atoms with Crippen molar-refractivity contribution in [3.05, 3.63) is 114 Å². The fraction of sp³-hybridized carbons (Fsp3) is 0.0357. The Kier molecular flexibility index (Phi) is 5.18. The lowest BCUT2D eigenvalue weighted by Gasteiger charge is -2.14. The zero-order valence-corrected chi connectivity index (χ0v) is 17.3. The Hall–Kier alpha value is -4.31. The van der Waals surface area contributed by atoms with Crippen molar-refractivity contribution in [3.63, 3.8) is 0 Å². The highest BCUT2D eigenvalue weighted by atomic mass is 16.5. The van der Waals surface area contributed by atoms with Crippen molar-refractivity contribution in [2.75, 3.05) is 5.32 Å². The number of carbonyl (C=O) groups is 1. The Labute approximate surface area is 185 Å². The molecule has 0 spiro atoms. The molecule has 2 N–H and O–H groups in total. The lowest BCUT2D eigenvalue weighted by molar-refractivity contribution is 0.0692. The molecule has 0 bridgehead atoms. The van der Waals surface area contributed by atoms with Crippen LogP contribution < -0.4 is 10.1 Å². The number of carboxylic acid groups (broad SMARTS) is 1. The molecule has 0 atom stereocenters. The average molecular weight is 419 g/mol. The highest BCUT2D eigenvalue weighted by Crippen LogP contribution is 2.30. The normalized spacial score (nSPS) is 10.9. The number of nitrogens with one attached hydrogen (secondary N) is 1. The van der Waals surface area contributed by atoms with Crippen LogP contribution in [0.1, 0.15) is 15.9 Å². The second-order valence-corrected chi connectivity index (χ2v) is 7.59. The van der Waals surface area contributed by atoms with Crippen LogP contribution in [-0.2, 0) is 6.61 Å². The van der Waals surface area contributed by atoms with Crippen molar-refractivity contribution in [1.82, 2.24) is 0 Å². The number of carboxylic acids is 1. The largest absolute Gasteiger partial charge is 0.488 e. The maximum Gasteiger partial charge on any atom is 0.339 e. The van der Waals surface area contributed by atoms with Gasteiger partial charge in [0, 0.05) is 22.8 Å². The third kappa shape index (κ3) is 3.86. The molecule has 0 radical (unpaired) electrons. The number of fused-ring (bicyclic) bond motifs is 2. The summed E-state index contributed by atoms with van der Waals surface area (Å²) in [5.41, 5.74) is 2.85. The Morgan fingerprint density at radius 3 is 2.19 bits per heavy atom. The predicted octanol–water partition coefficient (Wildman–Crippen LogP) is 7.01. The molecule has 156 valence electrons. The maximum atomic E-state index is 11.8. The number of benzene rings is 5. The fourth-order valence-corrected chi connectivity index (χ4v) is 3.96. The number of aromatic carboxylic acids is 1. The third-order valence-corrected chi connectivity index (χ3v) is 5.54. The Balaban J connectivity index is 1.46. The van der Waals surface area contributed by atoms with Crippen molar-refractivity contribution in [1.29, 1.82) is 0 Å². The van der Waals surface area contributed by atoms with E-state index in [4.69, 9.17) is 4.74 Å². The van der Waals surface area contributed by atoms with E-state index in [1.165, 1.54) is 0 Å². The molecule has 0 saturated heterocycles. The minimum atomic E-state index is -1.02. The first-order valence-electron chi connectivity index (χ1n) is 10.4. The smallest absolute Gasteiger partial charge is 0.339 e. The highest BCUT2D eigenvalue weighted by molar-refractivity contribution is 5.96. The molecule has 0 heterocycles. The van der Waals surface area contributed by atoms with Crippen LogP contribution in [0.2, 0.25) is 0 Å². The minimum absolute atomic E-state index is 0.133. The van der Waals surface area contributed by atoms with Gasteiger partial charge in [0.05, 0.1) is 0 Å². The van der Waals surface area contributed by atoms with Gasteiger partial charge in [-0.2, -0.15) is 0 Å². The van der Waals surface area contributed by atoms with Crippen molar-refractivity contribution in [3.8, 4) is 5.75 Å². The van der Waals surface area contributed by atoms with E-state index in [0.717, 1.165) is 38.5 Å². The molecule has 0 aromatic heterocycles. The van der Waals surface area contributed by atoms with Gasteiger partial charge in [-0.05, 0) is 39.9 Å². The molecular formula is C28H21NO3. The Morgan fingerprint density at radius 2 is 1.41 bits per heavy atom. The first kappa shape index (κ1) is 19.6. The van der Waals surface area contributed by atoms with Gasteiger partial charge in [0.2, 0.25) is 0 Å². The molecule has 5 aromatic rings. The van der Waals surface area contributed by atoms with E-state index in [2.05, 4.69) is 35.6 Å². The molecule has 0 aliphatic carbocycles. The molecular weight excluding hydrogens is 398 g/mol. The van der Waals surface area contributed by atoms with E-state index in [1.54, 1.807) is 18.2 Å². The van der Waals surface area contributed by atoms with Crippen LogP contribution in [0.4, 0.5) is 11.4 Å². The van der Waals surface area contributed by atoms with Gasteiger partial charge in [0.1, 0.15) is 17.9 Å². The van der Waals surface area contributed by atoms with E-state index in [1.807, 2.05) is 54.6 Å². The number of anilines is 2. The summed E-state index contributed by atoms with van der Waals surface area (Å²) in [6.07, 6.45) is 0. The molecule has 4 heteroatoms. The van der Waals surface area contributed by atoms with E-state index in [-0.39, 0.29) is 12.2 Å². The standard InChI is InChI=1S/C28H21NO3/c30-28(31)25-16-15-22(29-26-14-6-10-20-8-2-4-13-24(20)26)17-27(25)32-18-21-11-5-9-19-7-1-3-12-23(19)21/h1-17,29H,18H2,(H,30,31). The van der Waals surface area contributed by atoms with E-state index in [9.17, 15) is 9.90 Å². The Bertz CT molecular complexity index is 1430. The quantitative estimate of drug-likeness (QED) is 0.311. The van der Waals surface area contributed by atoms with Gasteiger partial charge < -0.3 is 15.2 Å². The van der Waals surface area contributed by atoms with Crippen LogP contribution in [0.5, 0.6) is 5.75 Å². The summed E-state index contributed by atoms with van der Waals surface area (Å²) in [7, 11) is 0. The van der Waals surface area contributed by atoms with Crippen LogP contribution in [0, 0.1) is 0 Å². The van der Waals surface area contributed by atoms with Crippen LogP contribution in [0.3, 0.4) is 0 Å². The zero-order valence-electron chi connectivity index (χ0n) is 17.3. The van der Waals surface area contributed by atoms with E-state index in [0.29, 0.717) is 5.75 Å². The summed E-state index contributed by atoms with van der Waals surface area (Å²) in [6.45, 7) is 0.277. The van der Waals surface area contributed by atoms with Crippen molar-refractivity contribution in [2.24, 2.45) is 0 Å². The van der Waals surface area contributed by atoms with Crippen molar-refractivity contribution >= 4 is 38.9 Å². The lowest BCUT2D eigenvalue weighted by atomic mass is 10.1. The number of hydrogen-bond donors (Lipinski definition) is 2. The molecule has 32 heavy (non-hydrogen) atoms. The summed E-state index contributed by atoms with van der Waals surface area (Å²) < 4.78 is 6.04. The van der Waals surface area contributed by atoms with Crippen LogP contribution in [-0.4, -0.2) is 11.1 Å². The summed E-state index contributed by atoms with van der Waals surface area (Å²) >= 11 is 0. The molecule has 0 fully saturated rings. The first-order chi connectivity index (χ1) is 15.7. The summed E-state index contributed by atoms with van der Waals surface area (Å²) in [5, 5.41) is 17.5. The van der Waals surface area contributed by atoms with E-state index < -0.39 is 5.97 Å². The second-order valence-electron chi connectivity index (χ2n) is 7.59. The van der Waals surface area contributed by atoms with E-state index >= 15 is 0 Å². The third-order valence-electron chi connectivity index (χ3n) is 5.54. The fourth-order valence-electron chi connectivity index (χ4n) is 3.96. The van der Waals surface area contributed by atoms with Gasteiger partial charge in [0.15, 0.2) is 0 Å². The molecule has 0 saturated carbocycles. The van der Waals surface area contributed by atoms with Crippen molar-refractivity contribution in [2.45, 2.75) is 6.61 Å². The average Bonchev–Trinajstić information content (AvgIpc) is 2.83. The molecule has 0 unspecified atom stereocenters. The molecule has 0 aliphatic heterocycles. The van der Waals surface area contributed by atoms with Crippen LogP contribution in [0.25, 0.3) is 21.5 Å². The van der Waals surface area contributed by atoms with Gasteiger partial charge in [-0.1, -0.05) is 78.9 Å². The molecule has 0 amide bonds. The van der Waals surface area contributed by atoms with Crippen LogP contribution >= 0.6 is 0 Å². The second kappa shape index (κ2) is 8.44. The predicted molar refractivity (Wildman–Crippen MR) is 129 cm³/mol. The van der Waals surface area contributed by atoms with Gasteiger partial charge in [0.25, 0.3) is 0 Å². The van der Waals surface area contributed by atoms with Crippen molar-refractivity contribution < 1.29 is 14.6 Å². The summed E-state index contributed by atoms with van der Waals surface area (Å²) in [6, 6.07) is 33.4. The number of ether oxygens (including phenoxy) is 1. The monoisotopic (exact) mass is 419 g/mol. The number of hydrogen-bond acceptors (Lipinski definition) is 3.